The maximum atomic E-state index is 11.7. The summed E-state index contributed by atoms with van der Waals surface area (Å²) in [5.74, 6) is 1.11. The van der Waals surface area contributed by atoms with E-state index in [2.05, 4.69) is 21.9 Å². The molecule has 1 heterocycles. The minimum absolute atomic E-state index is 0.0582. The molecule has 0 saturated heterocycles. The normalized spacial score (nSPS) is 10.2. The first kappa shape index (κ1) is 14.1. The molecule has 0 aliphatic heterocycles. The molecule has 0 saturated carbocycles. The van der Waals surface area contributed by atoms with E-state index in [-0.39, 0.29) is 6.54 Å². The van der Waals surface area contributed by atoms with Crippen molar-refractivity contribution in [3.63, 3.8) is 0 Å². The molecule has 1 rings (SSSR count). The highest BCUT2D eigenvalue weighted by Gasteiger charge is 2.13. The zero-order valence-electron chi connectivity index (χ0n) is 9.30. The second-order valence-electron chi connectivity index (χ2n) is 3.27. The lowest BCUT2D eigenvalue weighted by Gasteiger charge is -2.15. The van der Waals surface area contributed by atoms with Gasteiger partial charge in [-0.25, -0.2) is 0 Å². The molecule has 94 valence electrons. The van der Waals surface area contributed by atoms with Crippen LogP contribution in [-0.4, -0.2) is 35.0 Å². The SMILES string of the molecule is C#CCN(CC(=O)O)C(=O)C=Cc1ccc(Br)o1. The number of carboxylic acids is 1. The fraction of sp³-hybridized carbons (Fsp3) is 0.167. The molecule has 0 bridgehead atoms. The van der Waals surface area contributed by atoms with E-state index in [4.69, 9.17) is 15.9 Å². The topological polar surface area (TPSA) is 70.8 Å². The lowest BCUT2D eigenvalue weighted by atomic mass is 10.3. The fourth-order valence-electron chi connectivity index (χ4n) is 1.16. The predicted molar refractivity (Wildman–Crippen MR) is 68.5 cm³/mol. The van der Waals surface area contributed by atoms with Crippen LogP contribution in [0, 0.1) is 12.3 Å². The number of aliphatic carboxylic acids is 1. The molecule has 0 aliphatic rings. The minimum atomic E-state index is -1.12. The number of terminal acetylenes is 1. The van der Waals surface area contributed by atoms with Gasteiger partial charge in [-0.05, 0) is 34.1 Å². The Kier molecular flexibility index (Phi) is 5.21. The van der Waals surface area contributed by atoms with Gasteiger partial charge in [0.2, 0.25) is 5.91 Å². The van der Waals surface area contributed by atoms with Crippen molar-refractivity contribution < 1.29 is 19.1 Å². The molecule has 0 fully saturated rings. The predicted octanol–water partition coefficient (Wildman–Crippen LogP) is 1.60. The van der Waals surface area contributed by atoms with Gasteiger partial charge in [-0.2, -0.15) is 0 Å². The van der Waals surface area contributed by atoms with Crippen LogP contribution in [0.2, 0.25) is 0 Å². The van der Waals surface area contributed by atoms with Crippen molar-refractivity contribution >= 4 is 33.9 Å². The Bertz CT molecular complexity index is 512. The van der Waals surface area contributed by atoms with Crippen molar-refractivity contribution in [1.29, 1.82) is 0 Å². The van der Waals surface area contributed by atoms with E-state index in [1.54, 1.807) is 12.1 Å². The summed E-state index contributed by atoms with van der Waals surface area (Å²) in [5.41, 5.74) is 0. The molecule has 0 atom stereocenters. The standard InChI is InChI=1S/C12H10BrNO4/c1-2-7-14(8-12(16)17)11(15)6-4-9-3-5-10(13)18-9/h1,3-6H,7-8H2,(H,16,17). The van der Waals surface area contributed by atoms with Gasteiger partial charge in [0, 0.05) is 6.08 Å². The van der Waals surface area contributed by atoms with Gasteiger partial charge in [0.15, 0.2) is 4.67 Å². The Hall–Kier alpha value is -2.00. The Labute approximate surface area is 112 Å². The first-order chi connectivity index (χ1) is 8.52. The first-order valence-corrected chi connectivity index (χ1v) is 5.70. The minimum Gasteiger partial charge on any atom is -0.480 e. The van der Waals surface area contributed by atoms with Gasteiger partial charge in [0.1, 0.15) is 12.3 Å². The van der Waals surface area contributed by atoms with Crippen LogP contribution >= 0.6 is 15.9 Å². The fourth-order valence-corrected chi connectivity index (χ4v) is 1.48. The molecule has 0 aromatic carbocycles. The lowest BCUT2D eigenvalue weighted by molar-refractivity contribution is -0.142. The number of furan rings is 1. The number of hydrogen-bond acceptors (Lipinski definition) is 3. The Morgan fingerprint density at radius 3 is 2.78 bits per heavy atom. The van der Waals surface area contributed by atoms with Crippen molar-refractivity contribution in [3.8, 4) is 12.3 Å². The molecule has 6 heteroatoms. The molecule has 1 N–H and O–H groups in total. The van der Waals surface area contributed by atoms with Gasteiger partial charge in [-0.3, -0.25) is 9.59 Å². The zero-order valence-corrected chi connectivity index (χ0v) is 10.9. The summed E-state index contributed by atoms with van der Waals surface area (Å²) >= 11 is 3.13. The average molecular weight is 312 g/mol. The number of halogens is 1. The molecule has 0 aliphatic carbocycles. The van der Waals surface area contributed by atoms with Gasteiger partial charge in [0.25, 0.3) is 0 Å². The Balaban J connectivity index is 2.69. The molecule has 0 radical (unpaired) electrons. The van der Waals surface area contributed by atoms with E-state index in [1.165, 1.54) is 12.2 Å². The van der Waals surface area contributed by atoms with Gasteiger partial charge in [-0.15, -0.1) is 6.42 Å². The third-order valence-electron chi connectivity index (χ3n) is 1.90. The monoisotopic (exact) mass is 311 g/mol. The van der Waals surface area contributed by atoms with E-state index < -0.39 is 18.4 Å². The number of amides is 1. The molecule has 1 aromatic rings. The van der Waals surface area contributed by atoms with Gasteiger partial charge in [-0.1, -0.05) is 5.92 Å². The van der Waals surface area contributed by atoms with E-state index in [9.17, 15) is 9.59 Å². The summed E-state index contributed by atoms with van der Waals surface area (Å²) < 4.78 is 5.70. The number of rotatable bonds is 5. The second-order valence-corrected chi connectivity index (χ2v) is 4.05. The zero-order chi connectivity index (χ0) is 13.5. The van der Waals surface area contributed by atoms with E-state index in [1.807, 2.05) is 0 Å². The van der Waals surface area contributed by atoms with Crippen LogP contribution in [0.25, 0.3) is 6.08 Å². The number of carbonyl (C=O) groups excluding carboxylic acids is 1. The van der Waals surface area contributed by atoms with Crippen LogP contribution < -0.4 is 0 Å². The molecule has 1 amide bonds. The number of hydrogen-bond donors (Lipinski definition) is 1. The molecule has 18 heavy (non-hydrogen) atoms. The third kappa shape index (κ3) is 4.47. The van der Waals surface area contributed by atoms with Crippen LogP contribution in [0.3, 0.4) is 0 Å². The maximum absolute atomic E-state index is 11.7. The molecule has 0 unspecified atom stereocenters. The van der Waals surface area contributed by atoms with Crippen molar-refractivity contribution in [3.05, 3.63) is 28.6 Å². The highest BCUT2D eigenvalue weighted by Crippen LogP contribution is 2.15. The molecule has 5 nitrogen and oxygen atoms in total. The van der Waals surface area contributed by atoms with Crippen LogP contribution in [0.15, 0.2) is 27.3 Å². The summed E-state index contributed by atoms with van der Waals surface area (Å²) in [6.07, 6.45) is 7.72. The molecular weight excluding hydrogens is 302 g/mol. The maximum Gasteiger partial charge on any atom is 0.323 e. The summed E-state index contributed by atoms with van der Waals surface area (Å²) in [7, 11) is 0. The van der Waals surface area contributed by atoms with Crippen molar-refractivity contribution in [2.75, 3.05) is 13.1 Å². The van der Waals surface area contributed by atoms with Gasteiger partial charge < -0.3 is 14.4 Å². The first-order valence-electron chi connectivity index (χ1n) is 4.90. The van der Waals surface area contributed by atoms with Crippen LogP contribution in [0.5, 0.6) is 0 Å². The van der Waals surface area contributed by atoms with Crippen LogP contribution in [0.4, 0.5) is 0 Å². The number of carbonyl (C=O) groups is 2. The Morgan fingerprint density at radius 2 is 2.28 bits per heavy atom. The van der Waals surface area contributed by atoms with Gasteiger partial charge >= 0.3 is 5.97 Å². The summed E-state index contributed by atoms with van der Waals surface area (Å²) in [5, 5.41) is 8.64. The highest BCUT2D eigenvalue weighted by molar-refractivity contribution is 9.10. The van der Waals surface area contributed by atoms with Crippen molar-refractivity contribution in [1.82, 2.24) is 4.90 Å². The number of nitrogens with zero attached hydrogens (tertiary/aromatic N) is 1. The number of carboxylic acid groups (broad SMARTS) is 1. The summed E-state index contributed by atoms with van der Waals surface area (Å²) in [6.45, 7) is -0.494. The molecule has 1 aromatic heterocycles. The highest BCUT2D eigenvalue weighted by atomic mass is 79.9. The lowest BCUT2D eigenvalue weighted by Crippen LogP contribution is -2.34. The third-order valence-corrected chi connectivity index (χ3v) is 2.33. The van der Waals surface area contributed by atoms with E-state index >= 15 is 0 Å². The van der Waals surface area contributed by atoms with Gasteiger partial charge in [0.05, 0.1) is 6.54 Å². The smallest absolute Gasteiger partial charge is 0.323 e. The summed E-state index contributed by atoms with van der Waals surface area (Å²) in [6, 6.07) is 3.34. The summed E-state index contributed by atoms with van der Waals surface area (Å²) in [4.78, 5) is 23.3. The van der Waals surface area contributed by atoms with Crippen molar-refractivity contribution in [2.24, 2.45) is 0 Å². The second kappa shape index (κ2) is 6.67. The quantitative estimate of drug-likeness (QED) is 0.662. The Morgan fingerprint density at radius 1 is 1.56 bits per heavy atom. The van der Waals surface area contributed by atoms with Crippen molar-refractivity contribution in [2.45, 2.75) is 0 Å². The van der Waals surface area contributed by atoms with Crippen LogP contribution in [-0.2, 0) is 9.59 Å². The van der Waals surface area contributed by atoms with E-state index in [0.717, 1.165) is 4.90 Å². The van der Waals surface area contributed by atoms with Crippen LogP contribution in [0.1, 0.15) is 5.76 Å². The van der Waals surface area contributed by atoms with E-state index in [0.29, 0.717) is 10.4 Å². The largest absolute Gasteiger partial charge is 0.480 e. The molecule has 0 spiro atoms. The average Bonchev–Trinajstić information content (AvgIpc) is 2.71. The molecular formula is C12H10BrNO4.